The van der Waals surface area contributed by atoms with Crippen LogP contribution >= 0.6 is 0 Å². The maximum atomic E-state index is 14.5. The minimum Gasteiger partial charge on any atom is -0.506 e. The van der Waals surface area contributed by atoms with Gasteiger partial charge >= 0.3 is 0 Å². The van der Waals surface area contributed by atoms with E-state index in [1.807, 2.05) is 45.9 Å². The summed E-state index contributed by atoms with van der Waals surface area (Å²) in [6, 6.07) is 2.30. The van der Waals surface area contributed by atoms with E-state index in [0.29, 0.717) is 48.5 Å². The van der Waals surface area contributed by atoms with Crippen LogP contribution in [0, 0.1) is 17.8 Å². The highest BCUT2D eigenvalue weighted by Gasteiger charge is 2.79. The van der Waals surface area contributed by atoms with E-state index in [1.54, 1.807) is 12.1 Å². The van der Waals surface area contributed by atoms with Crippen molar-refractivity contribution in [2.75, 3.05) is 13.2 Å². The third-order valence-corrected chi connectivity index (χ3v) is 9.64. The van der Waals surface area contributed by atoms with Gasteiger partial charge < -0.3 is 19.3 Å². The van der Waals surface area contributed by atoms with Crippen molar-refractivity contribution in [1.82, 2.24) is 4.90 Å². The summed E-state index contributed by atoms with van der Waals surface area (Å²) in [5, 5.41) is 11.3. The molecule has 1 unspecified atom stereocenters. The standard InChI is InChI=1S/C33H41NO6/c1-17(2)9-12-32-30(37)21-13-23-29(36)27-26(14-25-20(28(27)35)10-11-31(7,8)39-25)40-33(23,32)24(16-38-32)22(21)15-34(18(3)4)19(5)6/h9-11,13-14,18-19,21-22,24,35H,12,15-16H2,1-8H3/t21-,22+,24-,32?,33-/m1/s1. The normalized spacial score (nSPS) is 32.5. The highest BCUT2D eigenvalue weighted by Crippen LogP contribution is 2.65. The van der Waals surface area contributed by atoms with Gasteiger partial charge in [-0.05, 0) is 73.5 Å². The van der Waals surface area contributed by atoms with Gasteiger partial charge in [0, 0.05) is 48.5 Å². The zero-order valence-corrected chi connectivity index (χ0v) is 24.8. The molecular formula is C33H41NO6. The summed E-state index contributed by atoms with van der Waals surface area (Å²) in [4.78, 5) is 31.2. The summed E-state index contributed by atoms with van der Waals surface area (Å²) in [6.07, 6.45) is 7.84. The molecule has 1 saturated heterocycles. The molecule has 5 atom stereocenters. The van der Waals surface area contributed by atoms with Crippen LogP contribution in [0.3, 0.4) is 0 Å². The van der Waals surface area contributed by atoms with Crippen LogP contribution in [-0.4, -0.2) is 63.6 Å². The van der Waals surface area contributed by atoms with E-state index in [9.17, 15) is 14.7 Å². The van der Waals surface area contributed by atoms with Crippen LogP contribution in [0.2, 0.25) is 0 Å². The Morgan fingerprint density at radius 1 is 1.12 bits per heavy atom. The van der Waals surface area contributed by atoms with Crippen molar-refractivity contribution >= 4 is 17.6 Å². The van der Waals surface area contributed by atoms with E-state index in [4.69, 9.17) is 14.2 Å². The van der Waals surface area contributed by atoms with Gasteiger partial charge in [0.15, 0.2) is 22.8 Å². The minimum atomic E-state index is -1.31. The molecule has 1 N–H and O–H groups in total. The van der Waals surface area contributed by atoms with Crippen molar-refractivity contribution in [3.8, 4) is 17.2 Å². The number of phenols is 1. The number of fused-ring (bicyclic) bond motifs is 2. The van der Waals surface area contributed by atoms with Gasteiger partial charge in [0.25, 0.3) is 0 Å². The Labute approximate surface area is 236 Å². The van der Waals surface area contributed by atoms with Gasteiger partial charge in [0.2, 0.25) is 0 Å². The Balaban J connectivity index is 1.55. The van der Waals surface area contributed by atoms with Crippen LogP contribution < -0.4 is 9.47 Å². The fourth-order valence-electron chi connectivity index (χ4n) is 7.78. The molecule has 0 radical (unpaired) electrons. The number of benzene rings is 1. The number of hydrogen-bond acceptors (Lipinski definition) is 7. The second-order valence-electron chi connectivity index (χ2n) is 13.5. The molecule has 3 aliphatic heterocycles. The van der Waals surface area contributed by atoms with E-state index in [1.165, 1.54) is 0 Å². The Hall–Kier alpha value is -2.90. The predicted molar refractivity (Wildman–Crippen MR) is 153 cm³/mol. The predicted octanol–water partition coefficient (Wildman–Crippen LogP) is 5.51. The molecule has 2 fully saturated rings. The quantitative estimate of drug-likeness (QED) is 0.471. The van der Waals surface area contributed by atoms with Gasteiger partial charge in [0.05, 0.1) is 12.2 Å². The van der Waals surface area contributed by atoms with Crippen molar-refractivity contribution in [2.45, 2.75) is 90.7 Å². The highest BCUT2D eigenvalue weighted by atomic mass is 16.6. The van der Waals surface area contributed by atoms with Crippen molar-refractivity contribution < 1.29 is 28.9 Å². The molecule has 4 bridgehead atoms. The van der Waals surface area contributed by atoms with E-state index >= 15 is 0 Å². The largest absolute Gasteiger partial charge is 0.506 e. The first-order valence-corrected chi connectivity index (χ1v) is 14.6. The number of allylic oxidation sites excluding steroid dienone is 2. The maximum absolute atomic E-state index is 14.5. The van der Waals surface area contributed by atoms with Crippen molar-refractivity contribution in [3.05, 3.63) is 46.6 Å². The fourth-order valence-corrected chi connectivity index (χ4v) is 7.78. The molecule has 0 amide bonds. The molecule has 7 heteroatoms. The summed E-state index contributed by atoms with van der Waals surface area (Å²) in [5.74, 6) is -0.496. The van der Waals surface area contributed by atoms with E-state index in [-0.39, 0.29) is 40.5 Å². The number of aromatic hydroxyl groups is 1. The van der Waals surface area contributed by atoms with Gasteiger partial charge in [-0.2, -0.15) is 0 Å². The molecule has 7 nitrogen and oxygen atoms in total. The van der Waals surface area contributed by atoms with Crippen molar-refractivity contribution in [1.29, 1.82) is 0 Å². The molecule has 40 heavy (non-hydrogen) atoms. The molecule has 1 spiro atoms. The Bertz CT molecular complexity index is 1390. The van der Waals surface area contributed by atoms with Gasteiger partial charge in [-0.15, -0.1) is 0 Å². The first-order valence-electron chi connectivity index (χ1n) is 14.6. The van der Waals surface area contributed by atoms with Gasteiger partial charge in [-0.3, -0.25) is 14.5 Å². The number of ketones is 2. The number of Topliss-reactive ketones (excluding diaryl/α,β-unsaturated/α-hetero) is 2. The lowest BCUT2D eigenvalue weighted by atomic mass is 9.49. The number of carbonyl (C=O) groups excluding carboxylic acids is 2. The second kappa shape index (κ2) is 8.80. The molecule has 3 aliphatic carbocycles. The lowest BCUT2D eigenvalue weighted by molar-refractivity contribution is -0.171. The monoisotopic (exact) mass is 547 g/mol. The highest BCUT2D eigenvalue weighted by molar-refractivity contribution is 6.18. The van der Waals surface area contributed by atoms with Crippen LogP contribution in [0.25, 0.3) is 6.08 Å². The fraction of sp³-hybridized carbons (Fsp3) is 0.576. The first kappa shape index (κ1) is 27.3. The summed E-state index contributed by atoms with van der Waals surface area (Å²) in [7, 11) is 0. The molecule has 6 aliphatic rings. The summed E-state index contributed by atoms with van der Waals surface area (Å²) in [5.41, 5.74) is -1.06. The molecule has 1 aromatic rings. The third-order valence-electron chi connectivity index (χ3n) is 9.64. The Morgan fingerprint density at radius 3 is 2.48 bits per heavy atom. The van der Waals surface area contributed by atoms with E-state index < -0.39 is 22.7 Å². The van der Waals surface area contributed by atoms with Crippen LogP contribution in [0.15, 0.2) is 35.4 Å². The first-order chi connectivity index (χ1) is 18.7. The Kier molecular flexibility index (Phi) is 6.00. The number of nitrogens with zero attached hydrogens (tertiary/aromatic N) is 1. The molecule has 7 rings (SSSR count). The SMILES string of the molecule is CC(C)=CCC12OC[C@@H]3[C@@H](CN(C(C)C)C(C)C)[C@@H](C=C4C(=O)c5c(cc6c(c5O)C=CC(C)(C)O6)O[C@]431)C2=O. The van der Waals surface area contributed by atoms with Gasteiger partial charge in [0.1, 0.15) is 28.4 Å². The molecule has 0 aromatic heterocycles. The average molecular weight is 548 g/mol. The third kappa shape index (κ3) is 3.49. The van der Waals surface area contributed by atoms with Crippen LogP contribution in [-0.2, 0) is 9.53 Å². The van der Waals surface area contributed by atoms with Crippen LogP contribution in [0.4, 0.5) is 0 Å². The zero-order chi connectivity index (χ0) is 28.9. The van der Waals surface area contributed by atoms with Gasteiger partial charge in [-0.25, -0.2) is 0 Å². The zero-order valence-electron chi connectivity index (χ0n) is 24.8. The van der Waals surface area contributed by atoms with Crippen LogP contribution in [0.1, 0.15) is 77.7 Å². The second-order valence-corrected chi connectivity index (χ2v) is 13.5. The topological polar surface area (TPSA) is 85.3 Å². The Morgan fingerprint density at radius 2 is 1.82 bits per heavy atom. The van der Waals surface area contributed by atoms with Gasteiger partial charge in [-0.1, -0.05) is 17.7 Å². The smallest absolute Gasteiger partial charge is 0.200 e. The summed E-state index contributed by atoms with van der Waals surface area (Å²) in [6.45, 7) is 17.6. The number of phenolic OH excluding ortho intramolecular Hbond substituents is 1. The summed E-state index contributed by atoms with van der Waals surface area (Å²) >= 11 is 0. The number of hydrogen-bond donors (Lipinski definition) is 1. The molecule has 1 saturated carbocycles. The van der Waals surface area contributed by atoms with E-state index in [0.717, 1.165) is 5.57 Å². The molecule has 3 heterocycles. The molecular weight excluding hydrogens is 506 g/mol. The lowest BCUT2D eigenvalue weighted by Crippen LogP contribution is -2.74. The maximum Gasteiger partial charge on any atom is 0.200 e. The van der Waals surface area contributed by atoms with Crippen LogP contribution in [0.5, 0.6) is 17.2 Å². The van der Waals surface area contributed by atoms with Crippen molar-refractivity contribution in [2.24, 2.45) is 17.8 Å². The number of rotatable bonds is 6. The van der Waals surface area contributed by atoms with Crippen molar-refractivity contribution in [3.63, 3.8) is 0 Å². The lowest BCUT2D eigenvalue weighted by Gasteiger charge is -2.59. The molecule has 1 aromatic carbocycles. The molecule has 214 valence electrons. The number of ether oxygens (including phenoxy) is 3. The van der Waals surface area contributed by atoms with E-state index in [2.05, 4.69) is 32.6 Å². The summed E-state index contributed by atoms with van der Waals surface area (Å²) < 4.78 is 19.7. The average Bonchev–Trinajstić information content (AvgIpc) is 3.13. The number of carbonyl (C=O) groups is 2. The minimum absolute atomic E-state index is 0.0151.